The molecule has 0 bridgehead atoms. The number of carbonyl (C=O) groups is 2. The lowest BCUT2D eigenvalue weighted by Gasteiger charge is -2.71. The summed E-state index contributed by atoms with van der Waals surface area (Å²) >= 11 is 0. The number of aliphatic carboxylic acids is 2. The van der Waals surface area contributed by atoms with Gasteiger partial charge in [0, 0.05) is 5.41 Å². The molecular weight excluding hydrogens is 596 g/mol. The first kappa shape index (κ1) is 34.3. The molecule has 46 heavy (non-hydrogen) atoms. The van der Waals surface area contributed by atoms with Gasteiger partial charge in [-0.05, 0) is 98.7 Å². The van der Waals surface area contributed by atoms with Gasteiger partial charge in [0.1, 0.15) is 18.3 Å². The molecule has 0 amide bonds. The molecule has 0 unspecified atom stereocenters. The molecule has 4 saturated carbocycles. The molecule has 6 aliphatic rings. The quantitative estimate of drug-likeness (QED) is 0.171. The average molecular weight is 651 g/mol. The summed E-state index contributed by atoms with van der Waals surface area (Å²) in [5.74, 6) is -2.05. The van der Waals surface area contributed by atoms with Gasteiger partial charge in [-0.1, -0.05) is 39.3 Å². The highest BCUT2D eigenvalue weighted by Gasteiger charge is 2.71. The van der Waals surface area contributed by atoms with E-state index in [-0.39, 0.29) is 41.8 Å². The molecule has 6 rings (SSSR count). The third-order valence-corrected chi connectivity index (χ3v) is 15.1. The Morgan fingerprint density at radius 1 is 0.870 bits per heavy atom. The van der Waals surface area contributed by atoms with E-state index in [4.69, 9.17) is 9.47 Å². The number of aliphatic hydroxyl groups is 5. The van der Waals surface area contributed by atoms with Gasteiger partial charge in [0.05, 0.1) is 36.3 Å². The Labute approximate surface area is 271 Å². The van der Waals surface area contributed by atoms with Gasteiger partial charge in [-0.25, -0.2) is 0 Å². The minimum absolute atomic E-state index is 0.0713. The number of rotatable bonds is 5. The smallest absolute Gasteiger partial charge is 0.310 e. The molecule has 1 saturated heterocycles. The molecule has 0 aromatic heterocycles. The standard InChI is InChI=1S/C35H54O11/c1-30(28(41)42)10-12-35(29(43)44)13-11-33(4)18(19(35)14-30)6-7-23-31(2)15-20(37)26(46-27-25(40)24(39)21(38)16-45-27)32(3,17-36)22(31)8-9-34(23,33)5/h6,19-27,36-40H,7-17H2,1-5H3,(H,41,42)(H,43,44)/t19-,20-,21+,22+,23+,24-,25+,26-,27-,30-,31-,32-,33+,34+,35-/m0/s1. The number of allylic oxidation sites excluding steroid dienone is 2. The predicted octanol–water partition coefficient (Wildman–Crippen LogP) is 2.70. The Morgan fingerprint density at radius 3 is 2.17 bits per heavy atom. The molecule has 11 heteroatoms. The molecule has 0 aromatic carbocycles. The normalized spacial score (nSPS) is 55.2. The van der Waals surface area contributed by atoms with E-state index in [0.29, 0.717) is 44.9 Å². The summed E-state index contributed by atoms with van der Waals surface area (Å²) < 4.78 is 11.7. The van der Waals surface area contributed by atoms with E-state index in [1.807, 2.05) is 6.92 Å². The second-order valence-electron chi connectivity index (χ2n) is 17.1. The zero-order valence-corrected chi connectivity index (χ0v) is 27.8. The van der Waals surface area contributed by atoms with Crippen LogP contribution in [0.15, 0.2) is 11.6 Å². The van der Waals surface area contributed by atoms with Crippen LogP contribution in [0, 0.1) is 50.2 Å². The van der Waals surface area contributed by atoms with Crippen molar-refractivity contribution >= 4 is 11.9 Å². The molecule has 5 fully saturated rings. The molecule has 5 aliphatic carbocycles. The fraction of sp³-hybridized carbons (Fsp3) is 0.886. The predicted molar refractivity (Wildman–Crippen MR) is 164 cm³/mol. The maximum Gasteiger partial charge on any atom is 0.310 e. The van der Waals surface area contributed by atoms with Gasteiger partial charge < -0.3 is 45.2 Å². The molecule has 0 spiro atoms. The maximum atomic E-state index is 13.0. The lowest BCUT2D eigenvalue weighted by molar-refractivity contribution is -0.328. The maximum absolute atomic E-state index is 13.0. The van der Waals surface area contributed by atoms with Crippen molar-refractivity contribution in [1.82, 2.24) is 0 Å². The molecule has 7 N–H and O–H groups in total. The van der Waals surface area contributed by atoms with Gasteiger partial charge >= 0.3 is 11.9 Å². The van der Waals surface area contributed by atoms with E-state index in [9.17, 15) is 45.3 Å². The highest BCUT2D eigenvalue weighted by Crippen LogP contribution is 2.76. The van der Waals surface area contributed by atoms with E-state index in [1.165, 1.54) is 0 Å². The molecule has 11 nitrogen and oxygen atoms in total. The monoisotopic (exact) mass is 650 g/mol. The van der Waals surface area contributed by atoms with Crippen LogP contribution < -0.4 is 0 Å². The lowest BCUT2D eigenvalue weighted by Crippen LogP contribution is -2.69. The largest absolute Gasteiger partial charge is 0.481 e. The summed E-state index contributed by atoms with van der Waals surface area (Å²) in [5.41, 5.74) is -2.84. The first-order valence-corrected chi connectivity index (χ1v) is 17.1. The second-order valence-corrected chi connectivity index (χ2v) is 17.1. The topological polar surface area (TPSA) is 194 Å². The SMILES string of the molecule is C[C@]1(C(=O)O)CC[C@]2(C(=O)O)CC[C@]3(C)C(=CC[C@@H]4[C@@]5(C)C[C@H](O)[C@H](O[C@@H]6OC[C@@H](O)[C@H](O)[C@H]6O)[C@@](C)(CO)[C@@H]5CC[C@]43C)[C@@H]2C1. The van der Waals surface area contributed by atoms with Crippen LogP contribution >= 0.6 is 0 Å². The fourth-order valence-corrected chi connectivity index (χ4v) is 12.1. The van der Waals surface area contributed by atoms with Crippen molar-refractivity contribution in [2.24, 2.45) is 50.2 Å². The van der Waals surface area contributed by atoms with Crippen LogP contribution in [-0.2, 0) is 19.1 Å². The summed E-state index contributed by atoms with van der Waals surface area (Å²) in [6, 6.07) is 0. The van der Waals surface area contributed by atoms with Crippen molar-refractivity contribution in [3.8, 4) is 0 Å². The van der Waals surface area contributed by atoms with E-state index in [0.717, 1.165) is 18.4 Å². The minimum Gasteiger partial charge on any atom is -0.481 e. The second kappa shape index (κ2) is 11.0. The highest BCUT2D eigenvalue weighted by atomic mass is 16.7. The third kappa shape index (κ3) is 4.41. The van der Waals surface area contributed by atoms with E-state index in [2.05, 4.69) is 26.8 Å². The lowest BCUT2D eigenvalue weighted by atomic mass is 9.33. The van der Waals surface area contributed by atoms with Crippen LogP contribution in [0.2, 0.25) is 0 Å². The number of ether oxygens (including phenoxy) is 2. The number of aliphatic hydroxyl groups excluding tert-OH is 5. The van der Waals surface area contributed by atoms with Gasteiger partial charge in [0.25, 0.3) is 0 Å². The highest BCUT2D eigenvalue weighted by molar-refractivity contribution is 5.79. The third-order valence-electron chi connectivity index (χ3n) is 15.1. The summed E-state index contributed by atoms with van der Waals surface area (Å²) in [5, 5.41) is 74.3. The molecule has 1 aliphatic heterocycles. The number of carboxylic acids is 2. The summed E-state index contributed by atoms with van der Waals surface area (Å²) in [6.07, 6.45) is -0.432. The van der Waals surface area contributed by atoms with Crippen molar-refractivity contribution in [1.29, 1.82) is 0 Å². The Kier molecular flexibility index (Phi) is 8.16. The number of fused-ring (bicyclic) bond motifs is 7. The fourth-order valence-electron chi connectivity index (χ4n) is 12.1. The summed E-state index contributed by atoms with van der Waals surface area (Å²) in [6.45, 7) is 9.93. The first-order chi connectivity index (χ1) is 21.3. The van der Waals surface area contributed by atoms with E-state index < -0.39 is 70.4 Å². The van der Waals surface area contributed by atoms with Crippen molar-refractivity contribution < 1.29 is 54.8 Å². The van der Waals surface area contributed by atoms with Gasteiger partial charge in [0.15, 0.2) is 6.29 Å². The van der Waals surface area contributed by atoms with E-state index >= 15 is 0 Å². The van der Waals surface area contributed by atoms with Gasteiger partial charge in [0.2, 0.25) is 0 Å². The number of carboxylic acid groups (broad SMARTS) is 2. The molecule has 1 heterocycles. The zero-order chi connectivity index (χ0) is 33.8. The van der Waals surface area contributed by atoms with Crippen LogP contribution in [0.3, 0.4) is 0 Å². The van der Waals surface area contributed by atoms with Crippen molar-refractivity contribution in [2.45, 2.75) is 129 Å². The average Bonchev–Trinajstić information content (AvgIpc) is 2.99. The Morgan fingerprint density at radius 2 is 1.54 bits per heavy atom. The molecule has 260 valence electrons. The van der Waals surface area contributed by atoms with Gasteiger partial charge in [-0.15, -0.1) is 0 Å². The number of hydrogen-bond acceptors (Lipinski definition) is 9. The van der Waals surface area contributed by atoms with Crippen LogP contribution in [0.1, 0.15) is 92.4 Å². The minimum atomic E-state index is -1.52. The first-order valence-electron chi connectivity index (χ1n) is 17.1. The Bertz CT molecular complexity index is 1290. The zero-order valence-electron chi connectivity index (χ0n) is 27.8. The van der Waals surface area contributed by atoms with Crippen molar-refractivity contribution in [3.05, 3.63) is 11.6 Å². The molecular formula is C35H54O11. The number of hydrogen-bond donors (Lipinski definition) is 7. The molecule has 0 radical (unpaired) electrons. The van der Waals surface area contributed by atoms with Crippen molar-refractivity contribution in [3.63, 3.8) is 0 Å². The van der Waals surface area contributed by atoms with Crippen LogP contribution in [0.5, 0.6) is 0 Å². The van der Waals surface area contributed by atoms with Gasteiger partial charge in [-0.3, -0.25) is 9.59 Å². The van der Waals surface area contributed by atoms with Gasteiger partial charge in [-0.2, -0.15) is 0 Å². The summed E-state index contributed by atoms with van der Waals surface area (Å²) in [4.78, 5) is 25.4. The van der Waals surface area contributed by atoms with Crippen LogP contribution in [-0.4, -0.2) is 97.7 Å². The van der Waals surface area contributed by atoms with Crippen molar-refractivity contribution in [2.75, 3.05) is 13.2 Å². The van der Waals surface area contributed by atoms with Crippen LogP contribution in [0.25, 0.3) is 0 Å². The van der Waals surface area contributed by atoms with E-state index in [1.54, 1.807) is 6.92 Å². The Hall–Kier alpha value is -1.60. The Balaban J connectivity index is 1.35. The molecule has 0 aromatic rings. The molecule has 15 atom stereocenters. The summed E-state index contributed by atoms with van der Waals surface area (Å²) in [7, 11) is 0. The van der Waals surface area contributed by atoms with Crippen LogP contribution in [0.4, 0.5) is 0 Å².